The molecule has 0 amide bonds. The van der Waals surface area contributed by atoms with Crippen LogP contribution in [0.2, 0.25) is 0 Å². The number of carbonyl (C=O) groups is 4. The van der Waals surface area contributed by atoms with E-state index in [1.54, 1.807) is 24.3 Å². The van der Waals surface area contributed by atoms with Gasteiger partial charge in [-0.05, 0) is 49.9 Å². The van der Waals surface area contributed by atoms with Crippen molar-refractivity contribution < 1.29 is 59.9 Å². The predicted molar refractivity (Wildman–Crippen MR) is 191 cm³/mol. The molecule has 0 aliphatic heterocycles. The van der Waals surface area contributed by atoms with Crippen LogP contribution in [0.3, 0.4) is 0 Å². The summed E-state index contributed by atoms with van der Waals surface area (Å²) in [5.74, 6) is -1.42. The molecule has 0 unspecified atom stereocenters. The summed E-state index contributed by atoms with van der Waals surface area (Å²) in [5.41, 5.74) is 0.755. The van der Waals surface area contributed by atoms with Crippen molar-refractivity contribution in [3.63, 3.8) is 0 Å². The molecule has 0 fully saturated rings. The summed E-state index contributed by atoms with van der Waals surface area (Å²) >= 11 is 0. The summed E-state index contributed by atoms with van der Waals surface area (Å²) in [4.78, 5) is 46.5. The molecule has 6 N–H and O–H groups in total. The number of hydrogen-bond acceptors (Lipinski definition) is 8. The maximum Gasteiger partial charge on any atom is 0.503 e. The van der Waals surface area contributed by atoms with Crippen LogP contribution >= 0.6 is 0 Å². The fourth-order valence-electron chi connectivity index (χ4n) is 3.41. The Morgan fingerprint density at radius 3 is 0.978 bits per heavy atom. The fourth-order valence-corrected chi connectivity index (χ4v) is 6.77. The summed E-state index contributed by atoms with van der Waals surface area (Å²) in [6, 6.07) is 14.5. The van der Waals surface area contributed by atoms with Gasteiger partial charge in [0.15, 0.2) is 0 Å². The minimum absolute atomic E-state index is 0. The zero-order chi connectivity index (χ0) is 32.5. The lowest BCUT2D eigenvalue weighted by molar-refractivity contribution is -0.182. The number of benzene rings is 2. The molecular weight excluding hydrogens is 633 g/mol. The van der Waals surface area contributed by atoms with Gasteiger partial charge in [0.25, 0.3) is 0 Å². The van der Waals surface area contributed by atoms with Crippen molar-refractivity contribution in [3.05, 3.63) is 82.2 Å². The van der Waals surface area contributed by atoms with Crippen molar-refractivity contribution in [3.8, 4) is 0 Å². The molecule has 0 saturated carbocycles. The van der Waals surface area contributed by atoms with E-state index >= 15 is 0 Å². The molecule has 46 heavy (non-hydrogen) atoms. The SMILES string of the molecule is C.C.C.C.CCC=C(CC)[SiH2]c1ccc(C(=O)OO)cc1.CCC=C(CC)[SiH2]c1ccc(C(=O)OO)cc1.O=C(O)O.O=C(O)O. The van der Waals surface area contributed by atoms with Crippen molar-refractivity contribution in [2.45, 2.75) is 83.1 Å². The van der Waals surface area contributed by atoms with Gasteiger partial charge in [-0.15, -0.1) is 0 Å². The first-order valence-electron chi connectivity index (χ1n) is 13.0. The third-order valence-corrected chi connectivity index (χ3v) is 9.55. The van der Waals surface area contributed by atoms with Gasteiger partial charge in [-0.3, -0.25) is 9.78 Å². The predicted octanol–water partition coefficient (Wildman–Crippen LogP) is 6.62. The van der Waals surface area contributed by atoms with E-state index in [1.807, 2.05) is 24.3 Å². The van der Waals surface area contributed by atoms with Crippen LogP contribution in [0.4, 0.5) is 9.59 Å². The Labute approximate surface area is 278 Å². The van der Waals surface area contributed by atoms with Crippen molar-refractivity contribution in [1.29, 1.82) is 0 Å². The molecule has 0 aliphatic carbocycles. The zero-order valence-corrected chi connectivity index (χ0v) is 27.0. The van der Waals surface area contributed by atoms with E-state index in [9.17, 15) is 9.59 Å². The minimum atomic E-state index is -1.83. The second kappa shape index (κ2) is 33.6. The maximum absolute atomic E-state index is 11.0. The van der Waals surface area contributed by atoms with E-state index in [0.717, 1.165) is 25.7 Å². The third-order valence-electron chi connectivity index (χ3n) is 5.30. The van der Waals surface area contributed by atoms with Gasteiger partial charge in [-0.25, -0.2) is 19.2 Å². The van der Waals surface area contributed by atoms with Gasteiger partial charge in [0.05, 0.1) is 30.2 Å². The first-order chi connectivity index (χ1) is 19.9. The molecular formula is C32H56O12Si2. The van der Waals surface area contributed by atoms with Gasteiger partial charge in [0, 0.05) is 0 Å². The van der Waals surface area contributed by atoms with Crippen LogP contribution in [0.1, 0.15) is 104 Å². The number of carboxylic acid groups (broad SMARTS) is 4. The smallest absolute Gasteiger partial charge is 0.450 e. The Morgan fingerprint density at radius 1 is 0.565 bits per heavy atom. The van der Waals surface area contributed by atoms with Crippen LogP contribution in [0, 0.1) is 0 Å². The molecule has 0 heterocycles. The molecule has 0 bridgehead atoms. The first-order valence-corrected chi connectivity index (χ1v) is 15.8. The van der Waals surface area contributed by atoms with E-state index in [2.05, 4.69) is 49.6 Å². The number of carbonyl (C=O) groups excluding carboxylic acids is 2. The molecule has 0 aromatic heterocycles. The highest BCUT2D eigenvalue weighted by Gasteiger charge is 2.07. The largest absolute Gasteiger partial charge is 0.503 e. The van der Waals surface area contributed by atoms with E-state index in [0.29, 0.717) is 11.1 Å². The lowest BCUT2D eigenvalue weighted by atomic mass is 10.2. The van der Waals surface area contributed by atoms with Crippen LogP contribution in [-0.4, -0.2) is 74.2 Å². The van der Waals surface area contributed by atoms with Crippen LogP contribution in [0.5, 0.6) is 0 Å². The van der Waals surface area contributed by atoms with E-state index in [1.165, 1.54) is 20.8 Å². The van der Waals surface area contributed by atoms with Crippen molar-refractivity contribution in [2.24, 2.45) is 0 Å². The average Bonchev–Trinajstić information content (AvgIpc) is 2.96. The van der Waals surface area contributed by atoms with Gasteiger partial charge >= 0.3 is 24.2 Å². The molecule has 0 atom stereocenters. The first kappa shape index (κ1) is 54.2. The van der Waals surface area contributed by atoms with Gasteiger partial charge in [-0.2, -0.15) is 10.5 Å². The summed E-state index contributed by atoms with van der Waals surface area (Å²) in [6.45, 7) is 8.63. The van der Waals surface area contributed by atoms with Crippen LogP contribution in [0.15, 0.2) is 71.1 Å². The van der Waals surface area contributed by atoms with Crippen LogP contribution in [-0.2, 0) is 9.78 Å². The Kier molecular flexibility index (Phi) is 39.7. The zero-order valence-electron chi connectivity index (χ0n) is 24.1. The topological polar surface area (TPSA) is 208 Å². The summed E-state index contributed by atoms with van der Waals surface area (Å²) < 4.78 is 0. The number of hydrogen-bond donors (Lipinski definition) is 6. The second-order valence-electron chi connectivity index (χ2n) is 8.32. The van der Waals surface area contributed by atoms with E-state index < -0.39 is 43.3 Å². The third kappa shape index (κ3) is 28.5. The molecule has 0 spiro atoms. The monoisotopic (exact) mass is 688 g/mol. The summed E-state index contributed by atoms with van der Waals surface area (Å²) in [6.07, 6.45) is 5.27. The maximum atomic E-state index is 11.0. The van der Waals surface area contributed by atoms with Gasteiger partial charge in [-0.1, -0.05) is 115 Å². The Hall–Kier alpha value is -4.25. The number of allylic oxidation sites excluding steroid dienone is 4. The Bertz CT molecular complexity index is 1050. The van der Waals surface area contributed by atoms with E-state index in [-0.39, 0.29) is 29.7 Å². The van der Waals surface area contributed by atoms with Crippen molar-refractivity contribution >= 4 is 53.7 Å². The lowest BCUT2D eigenvalue weighted by Gasteiger charge is -2.04. The molecule has 2 rings (SSSR count). The number of rotatable bonds is 10. The molecule has 264 valence electrons. The molecule has 12 nitrogen and oxygen atoms in total. The fraction of sp³-hybridized carbons (Fsp3) is 0.375. The molecule has 14 heteroatoms. The van der Waals surface area contributed by atoms with Crippen LogP contribution in [0.25, 0.3) is 0 Å². The lowest BCUT2D eigenvalue weighted by Crippen LogP contribution is -2.17. The average molecular weight is 689 g/mol. The Balaban J connectivity index is -0.000000132. The molecule has 0 radical (unpaired) electrons. The van der Waals surface area contributed by atoms with E-state index in [4.69, 9.17) is 40.5 Å². The highest BCUT2D eigenvalue weighted by molar-refractivity contribution is 6.61. The summed E-state index contributed by atoms with van der Waals surface area (Å²) in [5, 5.41) is 50.1. The van der Waals surface area contributed by atoms with Crippen molar-refractivity contribution in [1.82, 2.24) is 0 Å². The molecule has 0 aliphatic rings. The Morgan fingerprint density at radius 2 is 0.804 bits per heavy atom. The van der Waals surface area contributed by atoms with Crippen LogP contribution < -0.4 is 10.4 Å². The summed E-state index contributed by atoms with van der Waals surface area (Å²) in [7, 11) is -0.818. The highest BCUT2D eigenvalue weighted by atomic mass is 28.2. The normalized spacial score (nSPS) is 9.96. The minimum Gasteiger partial charge on any atom is -0.450 e. The quantitative estimate of drug-likeness (QED) is 0.0884. The molecule has 2 aromatic carbocycles. The molecule has 2 aromatic rings. The molecule has 0 saturated heterocycles. The standard InChI is InChI=1S/2C13H18O3Si.2CH2O3.4CH4/c2*1-3-5-11(4-2)17-12-8-6-10(7-9-12)13(14)16-15;2*2-1(3)4;;;;/h2*5-9,15H,3-4,17H2,1-2H3;2*(H2,2,3,4);4*1H4. The second-order valence-corrected chi connectivity index (χ2v) is 12.5. The van der Waals surface area contributed by atoms with Gasteiger partial charge < -0.3 is 20.4 Å². The van der Waals surface area contributed by atoms with Crippen molar-refractivity contribution in [2.75, 3.05) is 0 Å². The highest BCUT2D eigenvalue weighted by Crippen LogP contribution is 2.04. The van der Waals surface area contributed by atoms with Gasteiger partial charge in [0.1, 0.15) is 0 Å². The van der Waals surface area contributed by atoms with Gasteiger partial charge in [0.2, 0.25) is 0 Å².